The van der Waals surface area contributed by atoms with Gasteiger partial charge in [0.25, 0.3) is 0 Å². The molecule has 1 aromatic heterocycles. The van der Waals surface area contributed by atoms with Crippen molar-refractivity contribution in [2.45, 2.75) is 32.4 Å². The van der Waals surface area contributed by atoms with Crippen LogP contribution in [-0.2, 0) is 13.0 Å². The lowest BCUT2D eigenvalue weighted by Crippen LogP contribution is -2.16. The predicted octanol–water partition coefficient (Wildman–Crippen LogP) is 3.14. The Morgan fingerprint density at radius 3 is 3.00 bits per heavy atom. The van der Waals surface area contributed by atoms with Crippen LogP contribution in [0.4, 0.5) is 0 Å². The summed E-state index contributed by atoms with van der Waals surface area (Å²) in [6, 6.07) is 8.36. The van der Waals surface area contributed by atoms with Crippen LogP contribution in [0.25, 0.3) is 0 Å². The molecule has 3 nitrogen and oxygen atoms in total. The maximum atomic E-state index is 6.26. The van der Waals surface area contributed by atoms with Crippen molar-refractivity contribution in [2.24, 2.45) is 5.73 Å². The normalized spacial score (nSPS) is 12.6. The molecule has 0 bridgehead atoms. The lowest BCUT2D eigenvalue weighted by Gasteiger charge is -2.13. The van der Waals surface area contributed by atoms with Crippen molar-refractivity contribution in [3.63, 3.8) is 0 Å². The maximum Gasteiger partial charge on any atom is 0.110 e. The molecular formula is C14H18IN3. The highest BCUT2D eigenvalue weighted by molar-refractivity contribution is 14.1. The van der Waals surface area contributed by atoms with Crippen LogP contribution in [0.15, 0.2) is 36.7 Å². The van der Waals surface area contributed by atoms with E-state index in [9.17, 15) is 0 Å². The summed E-state index contributed by atoms with van der Waals surface area (Å²) in [5.74, 6) is 1.07. The summed E-state index contributed by atoms with van der Waals surface area (Å²) in [5.41, 5.74) is 7.44. The van der Waals surface area contributed by atoms with E-state index in [2.05, 4.69) is 63.3 Å². The smallest absolute Gasteiger partial charge is 0.110 e. The van der Waals surface area contributed by atoms with Crippen LogP contribution in [0.3, 0.4) is 0 Å². The number of hydrogen-bond donors (Lipinski definition) is 1. The van der Waals surface area contributed by atoms with Crippen molar-refractivity contribution in [3.8, 4) is 0 Å². The number of hydrogen-bond acceptors (Lipinski definition) is 2. The summed E-state index contributed by atoms with van der Waals surface area (Å²) < 4.78 is 3.41. The first kappa shape index (κ1) is 13.5. The van der Waals surface area contributed by atoms with Crippen LogP contribution < -0.4 is 5.73 Å². The number of benzene rings is 1. The van der Waals surface area contributed by atoms with E-state index in [4.69, 9.17) is 5.73 Å². The number of nitrogens with two attached hydrogens (primary N) is 1. The van der Waals surface area contributed by atoms with Crippen LogP contribution >= 0.6 is 22.6 Å². The Morgan fingerprint density at radius 1 is 1.44 bits per heavy atom. The van der Waals surface area contributed by atoms with Crippen molar-refractivity contribution < 1.29 is 0 Å². The van der Waals surface area contributed by atoms with Gasteiger partial charge in [0.15, 0.2) is 0 Å². The van der Waals surface area contributed by atoms with Crippen molar-refractivity contribution in [3.05, 3.63) is 51.6 Å². The van der Waals surface area contributed by atoms with Gasteiger partial charge in [-0.1, -0.05) is 19.1 Å². The highest BCUT2D eigenvalue weighted by atomic mass is 127. The van der Waals surface area contributed by atoms with Gasteiger partial charge < -0.3 is 10.3 Å². The standard InChI is InChI=1S/C14H18IN3/c1-2-7-18-8-6-17-14(18)10-13(16)11-4-3-5-12(15)9-11/h3-6,8-9,13H,2,7,10,16H2,1H3. The Morgan fingerprint density at radius 2 is 2.28 bits per heavy atom. The second-order valence-electron chi connectivity index (χ2n) is 4.40. The van der Waals surface area contributed by atoms with E-state index in [0.717, 1.165) is 25.2 Å². The molecule has 1 atom stereocenters. The van der Waals surface area contributed by atoms with Gasteiger partial charge in [-0.25, -0.2) is 4.98 Å². The molecule has 0 aliphatic heterocycles. The fourth-order valence-corrected chi connectivity index (χ4v) is 2.59. The van der Waals surface area contributed by atoms with Gasteiger partial charge in [-0.15, -0.1) is 0 Å². The molecule has 1 unspecified atom stereocenters. The van der Waals surface area contributed by atoms with Gasteiger partial charge in [0.2, 0.25) is 0 Å². The molecule has 0 spiro atoms. The van der Waals surface area contributed by atoms with Gasteiger partial charge in [-0.3, -0.25) is 0 Å². The zero-order chi connectivity index (χ0) is 13.0. The molecule has 18 heavy (non-hydrogen) atoms. The molecule has 2 N–H and O–H groups in total. The molecule has 0 aliphatic carbocycles. The van der Waals surface area contributed by atoms with Crippen LogP contribution in [0, 0.1) is 3.57 Å². The summed E-state index contributed by atoms with van der Waals surface area (Å²) in [6.07, 6.45) is 5.78. The Hall–Kier alpha value is -0.880. The van der Waals surface area contributed by atoms with Crippen molar-refractivity contribution in [1.29, 1.82) is 0 Å². The SMILES string of the molecule is CCCn1ccnc1CC(N)c1cccc(I)c1. The highest BCUT2D eigenvalue weighted by Crippen LogP contribution is 2.17. The van der Waals surface area contributed by atoms with E-state index in [1.165, 1.54) is 9.13 Å². The first-order valence-corrected chi connectivity index (χ1v) is 7.29. The quantitative estimate of drug-likeness (QED) is 0.838. The Labute approximate surface area is 122 Å². The number of nitrogens with zero attached hydrogens (tertiary/aromatic N) is 2. The van der Waals surface area contributed by atoms with Gasteiger partial charge in [0, 0.05) is 35.0 Å². The number of imidazole rings is 1. The molecule has 96 valence electrons. The van der Waals surface area contributed by atoms with Gasteiger partial charge in [-0.2, -0.15) is 0 Å². The summed E-state index contributed by atoms with van der Waals surface area (Å²) in [7, 11) is 0. The zero-order valence-corrected chi connectivity index (χ0v) is 12.7. The molecule has 0 aliphatic rings. The first-order chi connectivity index (χ1) is 8.70. The third-order valence-corrected chi connectivity index (χ3v) is 3.62. The maximum absolute atomic E-state index is 6.26. The Balaban J connectivity index is 2.11. The Bertz CT molecular complexity index is 507. The predicted molar refractivity (Wildman–Crippen MR) is 82.3 cm³/mol. The fourth-order valence-electron chi connectivity index (χ4n) is 2.03. The van der Waals surface area contributed by atoms with Gasteiger partial charge in [-0.05, 0) is 46.7 Å². The van der Waals surface area contributed by atoms with E-state index in [0.29, 0.717) is 0 Å². The topological polar surface area (TPSA) is 43.8 Å². The lowest BCUT2D eigenvalue weighted by molar-refractivity contribution is 0.598. The summed E-state index contributed by atoms with van der Waals surface area (Å²) in [4.78, 5) is 4.40. The summed E-state index contributed by atoms with van der Waals surface area (Å²) in [5, 5.41) is 0. The third kappa shape index (κ3) is 3.32. The molecule has 0 radical (unpaired) electrons. The van der Waals surface area contributed by atoms with Crippen LogP contribution in [-0.4, -0.2) is 9.55 Å². The molecule has 0 amide bonds. The van der Waals surface area contributed by atoms with E-state index >= 15 is 0 Å². The molecular weight excluding hydrogens is 337 g/mol. The molecule has 0 saturated heterocycles. The van der Waals surface area contributed by atoms with E-state index < -0.39 is 0 Å². The van der Waals surface area contributed by atoms with Crippen molar-refractivity contribution in [1.82, 2.24) is 9.55 Å². The van der Waals surface area contributed by atoms with E-state index in [-0.39, 0.29) is 6.04 Å². The molecule has 0 saturated carbocycles. The second-order valence-corrected chi connectivity index (χ2v) is 5.65. The lowest BCUT2D eigenvalue weighted by atomic mass is 10.0. The monoisotopic (exact) mass is 355 g/mol. The van der Waals surface area contributed by atoms with Gasteiger partial charge >= 0.3 is 0 Å². The molecule has 4 heteroatoms. The largest absolute Gasteiger partial charge is 0.335 e. The van der Waals surface area contributed by atoms with Gasteiger partial charge in [0.05, 0.1) is 0 Å². The summed E-state index contributed by atoms with van der Waals surface area (Å²) in [6.45, 7) is 3.18. The summed E-state index contributed by atoms with van der Waals surface area (Å²) >= 11 is 2.31. The molecule has 1 aromatic carbocycles. The molecule has 2 rings (SSSR count). The average molecular weight is 355 g/mol. The van der Waals surface area contributed by atoms with E-state index in [1.807, 2.05) is 12.4 Å². The third-order valence-electron chi connectivity index (χ3n) is 2.95. The molecule has 2 aromatic rings. The minimum Gasteiger partial charge on any atom is -0.335 e. The average Bonchev–Trinajstić information content (AvgIpc) is 2.77. The van der Waals surface area contributed by atoms with Gasteiger partial charge in [0.1, 0.15) is 5.82 Å². The zero-order valence-electron chi connectivity index (χ0n) is 10.5. The number of rotatable bonds is 5. The highest BCUT2D eigenvalue weighted by Gasteiger charge is 2.11. The van der Waals surface area contributed by atoms with Crippen LogP contribution in [0.2, 0.25) is 0 Å². The Kier molecular flexibility index (Phi) is 4.77. The minimum absolute atomic E-state index is 0.0118. The first-order valence-electron chi connectivity index (χ1n) is 6.21. The molecule has 0 fully saturated rings. The number of halogens is 1. The minimum atomic E-state index is 0.0118. The molecule has 1 heterocycles. The second kappa shape index (κ2) is 6.33. The van der Waals surface area contributed by atoms with E-state index in [1.54, 1.807) is 0 Å². The van der Waals surface area contributed by atoms with Crippen LogP contribution in [0.1, 0.15) is 30.8 Å². The van der Waals surface area contributed by atoms with Crippen molar-refractivity contribution in [2.75, 3.05) is 0 Å². The number of aryl methyl sites for hydroxylation is 1. The van der Waals surface area contributed by atoms with Crippen LogP contribution in [0.5, 0.6) is 0 Å². The number of aromatic nitrogens is 2. The fraction of sp³-hybridized carbons (Fsp3) is 0.357. The van der Waals surface area contributed by atoms with Crippen molar-refractivity contribution >= 4 is 22.6 Å².